The number of nitrogens with zero attached hydrogens (tertiary/aromatic N) is 3. The summed E-state index contributed by atoms with van der Waals surface area (Å²) < 4.78 is 12.8. The second kappa shape index (κ2) is 9.91. The Morgan fingerprint density at radius 1 is 1.12 bits per heavy atom. The summed E-state index contributed by atoms with van der Waals surface area (Å²) in [5, 5.41) is 7.70. The molecule has 4 rings (SSSR count). The SMILES string of the molecule is CCOC(=O)C1C(C)=NC(=O)NC1c1cn(-c2ccccc2)nc1-c1ccc(OC(C)C)cc1. The molecule has 0 fully saturated rings. The number of aromatic nitrogens is 2. The van der Waals surface area contributed by atoms with Gasteiger partial charge in [-0.05, 0) is 64.1 Å². The number of ether oxygens (including phenoxy) is 2. The third-order valence-corrected chi connectivity index (χ3v) is 5.48. The first-order valence-corrected chi connectivity index (χ1v) is 11.3. The average Bonchev–Trinajstić information content (AvgIpc) is 3.25. The van der Waals surface area contributed by atoms with E-state index in [-0.39, 0.29) is 12.7 Å². The van der Waals surface area contributed by atoms with Gasteiger partial charge in [-0.25, -0.2) is 14.5 Å². The van der Waals surface area contributed by atoms with E-state index in [0.717, 1.165) is 17.0 Å². The molecule has 0 radical (unpaired) electrons. The predicted octanol–water partition coefficient (Wildman–Crippen LogP) is 4.73. The van der Waals surface area contributed by atoms with Gasteiger partial charge in [-0.2, -0.15) is 5.10 Å². The standard InChI is InChI=1S/C26H28N4O4/c1-5-33-25(31)22-17(4)27-26(32)28-24(22)21-15-30(19-9-7-6-8-10-19)29-23(21)18-11-13-20(14-12-18)34-16(2)3/h6-16,22,24H,5H2,1-4H3,(H,28,32). The lowest BCUT2D eigenvalue weighted by molar-refractivity contribution is -0.146. The molecule has 8 heteroatoms. The van der Waals surface area contributed by atoms with E-state index in [9.17, 15) is 9.59 Å². The van der Waals surface area contributed by atoms with Crippen LogP contribution in [0.4, 0.5) is 4.79 Å². The van der Waals surface area contributed by atoms with E-state index >= 15 is 0 Å². The lowest BCUT2D eigenvalue weighted by Gasteiger charge is -2.29. The number of rotatable bonds is 7. The molecule has 0 spiro atoms. The maximum atomic E-state index is 12.9. The number of hydrogen-bond donors (Lipinski definition) is 1. The van der Waals surface area contributed by atoms with Gasteiger partial charge in [0.2, 0.25) is 0 Å². The van der Waals surface area contributed by atoms with Gasteiger partial charge in [0.15, 0.2) is 0 Å². The molecule has 2 unspecified atom stereocenters. The number of urea groups is 1. The molecule has 0 saturated heterocycles. The Hall–Kier alpha value is -3.94. The quantitative estimate of drug-likeness (QED) is 0.514. The lowest BCUT2D eigenvalue weighted by atomic mass is 9.87. The van der Waals surface area contributed by atoms with Crippen molar-refractivity contribution < 1.29 is 19.1 Å². The van der Waals surface area contributed by atoms with Crippen LogP contribution in [0.15, 0.2) is 65.8 Å². The molecule has 0 bridgehead atoms. The fourth-order valence-electron chi connectivity index (χ4n) is 4.03. The Morgan fingerprint density at radius 3 is 2.47 bits per heavy atom. The summed E-state index contributed by atoms with van der Waals surface area (Å²) in [4.78, 5) is 29.2. The topological polar surface area (TPSA) is 94.8 Å². The van der Waals surface area contributed by atoms with E-state index in [1.165, 1.54) is 0 Å². The van der Waals surface area contributed by atoms with Crippen molar-refractivity contribution in [2.45, 2.75) is 39.8 Å². The Labute approximate surface area is 198 Å². The molecular weight excluding hydrogens is 432 g/mol. The zero-order valence-corrected chi connectivity index (χ0v) is 19.7. The second-order valence-electron chi connectivity index (χ2n) is 8.31. The first-order chi connectivity index (χ1) is 16.4. The minimum atomic E-state index is -0.756. The summed E-state index contributed by atoms with van der Waals surface area (Å²) in [6.07, 6.45) is 1.91. The van der Waals surface area contributed by atoms with Crippen LogP contribution < -0.4 is 10.1 Å². The van der Waals surface area contributed by atoms with E-state index < -0.39 is 24.0 Å². The number of hydrogen-bond acceptors (Lipinski definition) is 5. The first kappa shape index (κ1) is 23.2. The third-order valence-electron chi connectivity index (χ3n) is 5.48. The number of carbonyl (C=O) groups is 2. The normalized spacial score (nSPS) is 17.8. The molecule has 2 atom stereocenters. The number of carbonyl (C=O) groups excluding carboxylic acids is 2. The molecule has 1 aliphatic heterocycles. The molecule has 8 nitrogen and oxygen atoms in total. The van der Waals surface area contributed by atoms with Crippen molar-refractivity contribution in [1.82, 2.24) is 15.1 Å². The van der Waals surface area contributed by atoms with E-state index in [0.29, 0.717) is 17.0 Å². The van der Waals surface area contributed by atoms with Crippen molar-refractivity contribution in [2.75, 3.05) is 6.61 Å². The molecule has 2 heterocycles. The van der Waals surface area contributed by atoms with Crippen LogP contribution in [0.25, 0.3) is 16.9 Å². The van der Waals surface area contributed by atoms with Crippen molar-refractivity contribution >= 4 is 17.7 Å². The molecule has 34 heavy (non-hydrogen) atoms. The van der Waals surface area contributed by atoms with Gasteiger partial charge in [-0.3, -0.25) is 4.79 Å². The number of benzene rings is 2. The van der Waals surface area contributed by atoms with Crippen molar-refractivity contribution in [3.05, 3.63) is 66.4 Å². The van der Waals surface area contributed by atoms with E-state index in [2.05, 4.69) is 10.3 Å². The van der Waals surface area contributed by atoms with Crippen LogP contribution in [0, 0.1) is 5.92 Å². The summed E-state index contributed by atoms with van der Waals surface area (Å²) in [7, 11) is 0. The zero-order valence-electron chi connectivity index (χ0n) is 19.7. The molecule has 1 N–H and O–H groups in total. The van der Waals surface area contributed by atoms with Crippen LogP contribution in [0.1, 0.15) is 39.3 Å². The van der Waals surface area contributed by atoms with Gasteiger partial charge >= 0.3 is 12.0 Å². The number of amides is 2. The highest BCUT2D eigenvalue weighted by atomic mass is 16.5. The summed E-state index contributed by atoms with van der Waals surface area (Å²) in [6, 6.07) is 16.1. The molecule has 1 aliphatic rings. The van der Waals surface area contributed by atoms with Crippen LogP contribution in [0.3, 0.4) is 0 Å². The van der Waals surface area contributed by atoms with Crippen LogP contribution in [-0.4, -0.2) is 40.2 Å². The average molecular weight is 461 g/mol. The molecule has 3 aromatic rings. The van der Waals surface area contributed by atoms with E-state index in [4.69, 9.17) is 14.6 Å². The molecular formula is C26H28N4O4. The third kappa shape index (κ3) is 4.85. The van der Waals surface area contributed by atoms with Gasteiger partial charge in [-0.15, -0.1) is 0 Å². The number of para-hydroxylation sites is 1. The monoisotopic (exact) mass is 460 g/mol. The number of nitrogens with one attached hydrogen (secondary N) is 1. The predicted molar refractivity (Wildman–Crippen MR) is 129 cm³/mol. The van der Waals surface area contributed by atoms with Crippen molar-refractivity contribution in [3.8, 4) is 22.7 Å². The first-order valence-electron chi connectivity index (χ1n) is 11.3. The minimum absolute atomic E-state index is 0.0590. The maximum Gasteiger partial charge on any atom is 0.341 e. The van der Waals surface area contributed by atoms with Gasteiger partial charge in [0.1, 0.15) is 11.7 Å². The van der Waals surface area contributed by atoms with Gasteiger partial charge in [0, 0.05) is 23.0 Å². The van der Waals surface area contributed by atoms with Crippen molar-refractivity contribution in [2.24, 2.45) is 10.9 Å². The molecule has 2 amide bonds. The molecule has 0 aliphatic carbocycles. The summed E-state index contributed by atoms with van der Waals surface area (Å²) in [5.41, 5.74) is 3.44. The summed E-state index contributed by atoms with van der Waals surface area (Å²) >= 11 is 0. The Bertz CT molecular complexity index is 1200. The largest absolute Gasteiger partial charge is 0.491 e. The summed E-state index contributed by atoms with van der Waals surface area (Å²) in [5.74, 6) is -0.442. The highest BCUT2D eigenvalue weighted by Crippen LogP contribution is 2.35. The highest BCUT2D eigenvalue weighted by molar-refractivity contribution is 6.08. The van der Waals surface area contributed by atoms with Gasteiger partial charge in [0.05, 0.1) is 30.1 Å². The van der Waals surface area contributed by atoms with Gasteiger partial charge in [0.25, 0.3) is 0 Å². The van der Waals surface area contributed by atoms with E-state index in [1.807, 2.05) is 74.6 Å². The van der Waals surface area contributed by atoms with Crippen LogP contribution >= 0.6 is 0 Å². The summed E-state index contributed by atoms with van der Waals surface area (Å²) in [6.45, 7) is 7.60. The number of esters is 1. The van der Waals surface area contributed by atoms with Crippen LogP contribution in [0.2, 0.25) is 0 Å². The molecule has 0 saturated carbocycles. The zero-order chi connectivity index (χ0) is 24.2. The van der Waals surface area contributed by atoms with E-state index in [1.54, 1.807) is 18.5 Å². The van der Waals surface area contributed by atoms with Crippen molar-refractivity contribution in [1.29, 1.82) is 0 Å². The maximum absolute atomic E-state index is 12.9. The number of aliphatic imine (C=N–C) groups is 1. The molecule has 2 aromatic carbocycles. The molecule has 176 valence electrons. The molecule has 1 aromatic heterocycles. The Kier molecular flexibility index (Phi) is 6.77. The smallest absolute Gasteiger partial charge is 0.341 e. The highest BCUT2D eigenvalue weighted by Gasteiger charge is 2.40. The van der Waals surface area contributed by atoms with Gasteiger partial charge in [-0.1, -0.05) is 18.2 Å². The van der Waals surface area contributed by atoms with Crippen molar-refractivity contribution in [3.63, 3.8) is 0 Å². The Balaban J connectivity index is 1.83. The fraction of sp³-hybridized carbons (Fsp3) is 0.308. The van der Waals surface area contributed by atoms with Crippen LogP contribution in [-0.2, 0) is 9.53 Å². The van der Waals surface area contributed by atoms with Crippen LogP contribution in [0.5, 0.6) is 5.75 Å². The fourth-order valence-corrected chi connectivity index (χ4v) is 4.03. The van der Waals surface area contributed by atoms with Gasteiger partial charge < -0.3 is 14.8 Å². The minimum Gasteiger partial charge on any atom is -0.491 e. The lowest BCUT2D eigenvalue weighted by Crippen LogP contribution is -2.44. The Morgan fingerprint density at radius 2 is 1.82 bits per heavy atom. The second-order valence-corrected chi connectivity index (χ2v) is 8.31.